The number of hydrogen-bond acceptors (Lipinski definition) is 2. The van der Waals surface area contributed by atoms with Gasteiger partial charge < -0.3 is 10.0 Å². The van der Waals surface area contributed by atoms with E-state index < -0.39 is 6.10 Å². The van der Waals surface area contributed by atoms with Crippen LogP contribution in [0, 0.1) is 0 Å². The SMILES string of the molecule is C=C(CN(C)C)[C@H](O)c1ccc2c(c1)-c1ccccc1-2. The number of fused-ring (bicyclic) bond motifs is 4. The molecule has 0 amide bonds. The number of hydrogen-bond donors (Lipinski definition) is 1. The Morgan fingerprint density at radius 2 is 1.65 bits per heavy atom. The minimum Gasteiger partial charge on any atom is -0.384 e. The lowest BCUT2D eigenvalue weighted by molar-refractivity contribution is 0.205. The molecule has 1 atom stereocenters. The molecule has 2 heteroatoms. The van der Waals surface area contributed by atoms with Gasteiger partial charge in [-0.3, -0.25) is 0 Å². The zero-order valence-corrected chi connectivity index (χ0v) is 11.9. The van der Waals surface area contributed by atoms with E-state index in [0.717, 1.165) is 11.1 Å². The van der Waals surface area contributed by atoms with Crippen LogP contribution in [0.15, 0.2) is 54.6 Å². The van der Waals surface area contributed by atoms with Crippen molar-refractivity contribution in [2.75, 3.05) is 20.6 Å². The third-order valence-corrected chi connectivity index (χ3v) is 3.77. The second kappa shape index (κ2) is 4.89. The molecule has 0 unspecified atom stereocenters. The minimum atomic E-state index is -0.601. The van der Waals surface area contributed by atoms with Crippen molar-refractivity contribution in [2.45, 2.75) is 6.10 Å². The molecule has 1 aliphatic rings. The third kappa shape index (κ3) is 2.07. The second-order valence-electron chi connectivity index (χ2n) is 5.65. The molecule has 0 bridgehead atoms. The van der Waals surface area contributed by atoms with Crippen LogP contribution in [-0.2, 0) is 0 Å². The summed E-state index contributed by atoms with van der Waals surface area (Å²) in [5.74, 6) is 0. The number of rotatable bonds is 4. The first-order chi connectivity index (χ1) is 9.58. The fraction of sp³-hybridized carbons (Fsp3) is 0.222. The number of benzene rings is 2. The van der Waals surface area contributed by atoms with Gasteiger partial charge in [-0.25, -0.2) is 0 Å². The summed E-state index contributed by atoms with van der Waals surface area (Å²) < 4.78 is 0. The quantitative estimate of drug-likeness (QED) is 0.730. The van der Waals surface area contributed by atoms with E-state index in [1.807, 2.05) is 25.1 Å². The Labute approximate surface area is 120 Å². The van der Waals surface area contributed by atoms with E-state index in [2.05, 4.69) is 43.0 Å². The topological polar surface area (TPSA) is 23.5 Å². The maximum absolute atomic E-state index is 10.4. The molecule has 2 nitrogen and oxygen atoms in total. The molecule has 0 aliphatic heterocycles. The monoisotopic (exact) mass is 265 g/mol. The molecule has 2 aromatic rings. The van der Waals surface area contributed by atoms with Crippen LogP contribution in [0.1, 0.15) is 11.7 Å². The zero-order chi connectivity index (χ0) is 14.3. The third-order valence-electron chi connectivity index (χ3n) is 3.77. The van der Waals surface area contributed by atoms with Gasteiger partial charge in [-0.15, -0.1) is 0 Å². The molecular formula is C18H19NO. The Morgan fingerprint density at radius 3 is 2.30 bits per heavy atom. The lowest BCUT2D eigenvalue weighted by Gasteiger charge is -2.26. The average Bonchev–Trinajstić information content (AvgIpc) is 2.42. The second-order valence-corrected chi connectivity index (χ2v) is 5.65. The van der Waals surface area contributed by atoms with Crippen molar-refractivity contribution in [3.63, 3.8) is 0 Å². The van der Waals surface area contributed by atoms with Crippen LogP contribution in [-0.4, -0.2) is 30.6 Å². The van der Waals surface area contributed by atoms with E-state index in [9.17, 15) is 5.11 Å². The summed E-state index contributed by atoms with van der Waals surface area (Å²) in [5, 5.41) is 10.4. The Bertz CT molecular complexity index is 673. The standard InChI is InChI=1S/C18H19NO/c1-12(11-19(2)3)18(20)13-8-9-16-14-6-4-5-7-15(14)17(16)10-13/h4-10,18,20H,1,11H2,2-3H3/t18-/m0/s1. The first-order valence-electron chi connectivity index (χ1n) is 6.82. The molecule has 0 saturated heterocycles. The van der Waals surface area contributed by atoms with Gasteiger partial charge in [0, 0.05) is 6.54 Å². The highest BCUT2D eigenvalue weighted by molar-refractivity contribution is 6.02. The van der Waals surface area contributed by atoms with Crippen molar-refractivity contribution in [3.05, 3.63) is 60.2 Å². The zero-order valence-electron chi connectivity index (χ0n) is 11.9. The first-order valence-corrected chi connectivity index (χ1v) is 6.82. The smallest absolute Gasteiger partial charge is 0.101 e. The van der Waals surface area contributed by atoms with Crippen LogP contribution in [0.3, 0.4) is 0 Å². The molecule has 20 heavy (non-hydrogen) atoms. The highest BCUT2D eigenvalue weighted by Crippen LogP contribution is 2.47. The molecule has 1 N–H and O–H groups in total. The van der Waals surface area contributed by atoms with Crippen LogP contribution < -0.4 is 0 Å². The summed E-state index contributed by atoms with van der Waals surface area (Å²) in [6.45, 7) is 4.68. The van der Waals surface area contributed by atoms with Crippen molar-refractivity contribution >= 4 is 0 Å². The van der Waals surface area contributed by atoms with Crippen LogP contribution in [0.4, 0.5) is 0 Å². The summed E-state index contributed by atoms with van der Waals surface area (Å²) in [6.07, 6.45) is -0.601. The summed E-state index contributed by atoms with van der Waals surface area (Å²) >= 11 is 0. The average molecular weight is 265 g/mol. The minimum absolute atomic E-state index is 0.601. The van der Waals surface area contributed by atoms with Crippen molar-refractivity contribution < 1.29 is 5.11 Å². The highest BCUT2D eigenvalue weighted by Gasteiger charge is 2.23. The van der Waals surface area contributed by atoms with Crippen LogP contribution in [0.2, 0.25) is 0 Å². The molecule has 0 aromatic heterocycles. The largest absolute Gasteiger partial charge is 0.384 e. The summed E-state index contributed by atoms with van der Waals surface area (Å²) in [6, 6.07) is 14.6. The summed E-state index contributed by atoms with van der Waals surface area (Å²) in [4.78, 5) is 2.02. The Hall–Kier alpha value is -1.90. The fourth-order valence-corrected chi connectivity index (χ4v) is 2.81. The molecule has 0 heterocycles. The molecule has 0 radical (unpaired) electrons. The highest BCUT2D eigenvalue weighted by atomic mass is 16.3. The van der Waals surface area contributed by atoms with E-state index >= 15 is 0 Å². The van der Waals surface area contributed by atoms with Gasteiger partial charge in [0.25, 0.3) is 0 Å². The lowest BCUT2D eigenvalue weighted by Crippen LogP contribution is -2.18. The van der Waals surface area contributed by atoms with Crippen molar-refractivity contribution in [1.29, 1.82) is 0 Å². The molecular weight excluding hydrogens is 246 g/mol. The maximum atomic E-state index is 10.4. The van der Waals surface area contributed by atoms with E-state index in [1.165, 1.54) is 22.3 Å². The molecule has 0 fully saturated rings. The predicted molar refractivity (Wildman–Crippen MR) is 83.5 cm³/mol. The molecule has 1 aliphatic carbocycles. The number of aliphatic hydroxyl groups is 1. The van der Waals surface area contributed by atoms with Gasteiger partial charge in [-0.05, 0) is 53.6 Å². The number of aliphatic hydroxyl groups excluding tert-OH is 1. The normalized spacial score (nSPS) is 13.4. The van der Waals surface area contributed by atoms with Gasteiger partial charge in [0.05, 0.1) is 0 Å². The molecule has 102 valence electrons. The Morgan fingerprint density at radius 1 is 1.05 bits per heavy atom. The van der Waals surface area contributed by atoms with E-state index in [1.54, 1.807) is 0 Å². The van der Waals surface area contributed by atoms with E-state index in [0.29, 0.717) is 6.54 Å². The van der Waals surface area contributed by atoms with Gasteiger partial charge in [0.2, 0.25) is 0 Å². The summed E-state index contributed by atoms with van der Waals surface area (Å²) in [7, 11) is 3.96. The van der Waals surface area contributed by atoms with Crippen LogP contribution in [0.25, 0.3) is 22.3 Å². The predicted octanol–water partition coefficient (Wildman–Crippen LogP) is 3.49. The van der Waals surface area contributed by atoms with Gasteiger partial charge in [0.1, 0.15) is 6.10 Å². The number of likely N-dealkylation sites (N-methyl/N-ethyl adjacent to an activating group) is 1. The molecule has 2 aromatic carbocycles. The molecule has 0 spiro atoms. The van der Waals surface area contributed by atoms with Crippen LogP contribution >= 0.6 is 0 Å². The van der Waals surface area contributed by atoms with E-state index in [4.69, 9.17) is 0 Å². The van der Waals surface area contributed by atoms with Gasteiger partial charge in [-0.1, -0.05) is 43.0 Å². The van der Waals surface area contributed by atoms with Crippen LogP contribution in [0.5, 0.6) is 0 Å². The van der Waals surface area contributed by atoms with Crippen molar-refractivity contribution in [3.8, 4) is 22.3 Å². The lowest BCUT2D eigenvalue weighted by atomic mass is 9.79. The van der Waals surface area contributed by atoms with E-state index in [-0.39, 0.29) is 0 Å². The Balaban J connectivity index is 1.88. The maximum Gasteiger partial charge on any atom is 0.101 e. The Kier molecular flexibility index (Phi) is 3.20. The fourth-order valence-electron chi connectivity index (χ4n) is 2.81. The van der Waals surface area contributed by atoms with Crippen molar-refractivity contribution in [1.82, 2.24) is 4.90 Å². The van der Waals surface area contributed by atoms with Gasteiger partial charge in [-0.2, -0.15) is 0 Å². The van der Waals surface area contributed by atoms with Crippen molar-refractivity contribution in [2.24, 2.45) is 0 Å². The summed E-state index contributed by atoms with van der Waals surface area (Å²) in [5.41, 5.74) is 6.82. The van der Waals surface area contributed by atoms with Gasteiger partial charge >= 0.3 is 0 Å². The number of nitrogens with zero attached hydrogens (tertiary/aromatic N) is 1. The molecule has 0 saturated carbocycles. The van der Waals surface area contributed by atoms with Gasteiger partial charge in [0.15, 0.2) is 0 Å². The molecule has 3 rings (SSSR count). The first kappa shape index (κ1) is 13.1.